The van der Waals surface area contributed by atoms with E-state index >= 15 is 0 Å². The third-order valence-electron chi connectivity index (χ3n) is 3.35. The van der Waals surface area contributed by atoms with Crippen molar-refractivity contribution in [2.75, 3.05) is 0 Å². The molecule has 0 fully saturated rings. The molecule has 1 aliphatic rings. The van der Waals surface area contributed by atoms with E-state index in [1.807, 2.05) is 6.92 Å². The van der Waals surface area contributed by atoms with Gasteiger partial charge in [0.2, 0.25) is 0 Å². The molecule has 106 valence electrons. The summed E-state index contributed by atoms with van der Waals surface area (Å²) >= 11 is 0. The quantitative estimate of drug-likeness (QED) is 0.792. The lowest BCUT2D eigenvalue weighted by molar-refractivity contribution is -0.116. The van der Waals surface area contributed by atoms with Crippen LogP contribution in [-0.2, 0) is 9.53 Å². The van der Waals surface area contributed by atoms with Crippen LogP contribution in [0.2, 0.25) is 0 Å². The molecule has 1 unspecified atom stereocenters. The molecular formula is C16H14N2O3. The molecule has 1 atom stereocenters. The predicted octanol–water partition coefficient (Wildman–Crippen LogP) is 2.67. The maximum Gasteiger partial charge on any atom is 0.343 e. The van der Waals surface area contributed by atoms with E-state index in [0.717, 1.165) is 5.52 Å². The molecule has 1 aromatic heterocycles. The van der Waals surface area contributed by atoms with Gasteiger partial charge >= 0.3 is 5.97 Å². The lowest BCUT2D eigenvalue weighted by Crippen LogP contribution is -2.15. The zero-order valence-corrected chi connectivity index (χ0v) is 11.6. The standard InChI is InChI=1S/C16H14N2O3/c1-10-6-12(19)9-13(7-10)21-16(20)11-2-3-14-15(8-11)18-5-4-17-14/h2-5,8-10H,6-7H2,1H3. The summed E-state index contributed by atoms with van der Waals surface area (Å²) in [5.74, 6) is 0.160. The van der Waals surface area contributed by atoms with E-state index < -0.39 is 5.97 Å². The maximum absolute atomic E-state index is 12.1. The fourth-order valence-corrected chi connectivity index (χ4v) is 2.40. The number of carbonyl (C=O) groups excluding carboxylic acids is 2. The first kappa shape index (κ1) is 13.4. The number of rotatable bonds is 2. The summed E-state index contributed by atoms with van der Waals surface area (Å²) in [6.45, 7) is 1.96. The van der Waals surface area contributed by atoms with Crippen LogP contribution in [0.25, 0.3) is 11.0 Å². The van der Waals surface area contributed by atoms with Gasteiger partial charge in [0, 0.05) is 31.3 Å². The highest BCUT2D eigenvalue weighted by molar-refractivity contribution is 5.95. The number of ketones is 1. The molecular weight excluding hydrogens is 268 g/mol. The Kier molecular flexibility index (Phi) is 3.48. The molecule has 0 saturated heterocycles. The Hall–Kier alpha value is -2.56. The summed E-state index contributed by atoms with van der Waals surface area (Å²) in [6, 6.07) is 5.01. The Labute approximate surface area is 121 Å². The van der Waals surface area contributed by atoms with Crippen LogP contribution in [0.4, 0.5) is 0 Å². The second kappa shape index (κ2) is 5.44. The zero-order chi connectivity index (χ0) is 14.8. The second-order valence-electron chi connectivity index (χ2n) is 5.24. The Morgan fingerprint density at radius 2 is 1.95 bits per heavy atom. The number of ether oxygens (including phenoxy) is 1. The summed E-state index contributed by atoms with van der Waals surface area (Å²) < 4.78 is 5.32. The van der Waals surface area contributed by atoms with E-state index in [-0.39, 0.29) is 11.7 Å². The van der Waals surface area contributed by atoms with Crippen LogP contribution in [0.1, 0.15) is 30.1 Å². The first-order valence-electron chi connectivity index (χ1n) is 6.78. The molecule has 0 N–H and O–H groups in total. The number of aromatic nitrogens is 2. The third kappa shape index (κ3) is 2.97. The molecule has 0 amide bonds. The van der Waals surface area contributed by atoms with Gasteiger partial charge in [-0.25, -0.2) is 4.79 Å². The van der Waals surface area contributed by atoms with Gasteiger partial charge in [0.1, 0.15) is 5.76 Å². The van der Waals surface area contributed by atoms with Crippen LogP contribution >= 0.6 is 0 Å². The van der Waals surface area contributed by atoms with E-state index in [4.69, 9.17) is 4.74 Å². The molecule has 3 rings (SSSR count). The number of carbonyl (C=O) groups is 2. The lowest BCUT2D eigenvalue weighted by Gasteiger charge is -2.17. The normalized spacial score (nSPS) is 18.4. The number of fused-ring (bicyclic) bond motifs is 1. The van der Waals surface area contributed by atoms with E-state index in [2.05, 4.69) is 9.97 Å². The summed E-state index contributed by atoms with van der Waals surface area (Å²) in [4.78, 5) is 31.9. The first-order valence-corrected chi connectivity index (χ1v) is 6.78. The molecule has 5 nitrogen and oxygen atoms in total. The van der Waals surface area contributed by atoms with Gasteiger partial charge in [0.15, 0.2) is 5.78 Å². The molecule has 0 radical (unpaired) electrons. The summed E-state index contributed by atoms with van der Waals surface area (Å²) in [7, 11) is 0. The van der Waals surface area contributed by atoms with E-state index in [1.165, 1.54) is 6.08 Å². The summed E-state index contributed by atoms with van der Waals surface area (Å²) in [5.41, 5.74) is 1.75. The SMILES string of the molecule is CC1CC(=O)C=C(OC(=O)c2ccc3nccnc3c2)C1. The van der Waals surface area contributed by atoms with Crippen molar-refractivity contribution in [2.45, 2.75) is 19.8 Å². The van der Waals surface area contributed by atoms with Crippen LogP contribution in [0, 0.1) is 5.92 Å². The van der Waals surface area contributed by atoms with Crippen molar-refractivity contribution in [3.05, 3.63) is 48.0 Å². The summed E-state index contributed by atoms with van der Waals surface area (Å²) in [5, 5.41) is 0. The minimum atomic E-state index is -0.476. The van der Waals surface area contributed by atoms with Crippen molar-refractivity contribution >= 4 is 22.8 Å². The minimum absolute atomic E-state index is 0.000859. The van der Waals surface area contributed by atoms with Gasteiger partial charge in [0.05, 0.1) is 16.6 Å². The molecule has 1 aliphatic carbocycles. The topological polar surface area (TPSA) is 69.2 Å². The van der Waals surface area contributed by atoms with Crippen molar-refractivity contribution in [2.24, 2.45) is 5.92 Å². The number of hydrogen-bond donors (Lipinski definition) is 0. The van der Waals surface area contributed by atoms with Crippen LogP contribution in [0.5, 0.6) is 0 Å². The van der Waals surface area contributed by atoms with Crippen LogP contribution in [0.15, 0.2) is 42.4 Å². The Morgan fingerprint density at radius 1 is 1.19 bits per heavy atom. The minimum Gasteiger partial charge on any atom is -0.427 e. The third-order valence-corrected chi connectivity index (χ3v) is 3.35. The smallest absolute Gasteiger partial charge is 0.343 e. The average Bonchev–Trinajstić information content (AvgIpc) is 2.45. The summed E-state index contributed by atoms with van der Waals surface area (Å²) in [6.07, 6.45) is 5.69. The highest BCUT2D eigenvalue weighted by atomic mass is 16.5. The van der Waals surface area contributed by atoms with Gasteiger partial charge in [0.25, 0.3) is 0 Å². The van der Waals surface area contributed by atoms with Gasteiger partial charge in [-0.15, -0.1) is 0 Å². The van der Waals surface area contributed by atoms with Crippen LogP contribution in [-0.4, -0.2) is 21.7 Å². The molecule has 5 heteroatoms. The molecule has 21 heavy (non-hydrogen) atoms. The molecule has 0 aliphatic heterocycles. The van der Waals surface area contributed by atoms with Gasteiger partial charge in [-0.1, -0.05) is 6.92 Å². The monoisotopic (exact) mass is 282 g/mol. The Balaban J connectivity index is 1.82. The molecule has 0 spiro atoms. The lowest BCUT2D eigenvalue weighted by atomic mass is 9.94. The molecule has 2 aromatic rings. The van der Waals surface area contributed by atoms with Gasteiger partial charge in [-0.2, -0.15) is 0 Å². The maximum atomic E-state index is 12.1. The van der Waals surface area contributed by atoms with Crippen molar-refractivity contribution in [1.29, 1.82) is 0 Å². The average molecular weight is 282 g/mol. The molecule has 1 aromatic carbocycles. The fourth-order valence-electron chi connectivity index (χ4n) is 2.40. The molecule has 0 bridgehead atoms. The first-order chi connectivity index (χ1) is 10.1. The zero-order valence-electron chi connectivity index (χ0n) is 11.6. The van der Waals surface area contributed by atoms with Crippen LogP contribution < -0.4 is 0 Å². The Morgan fingerprint density at radius 3 is 2.71 bits per heavy atom. The fraction of sp³-hybridized carbons (Fsp3) is 0.250. The van der Waals surface area contributed by atoms with Gasteiger partial charge in [-0.05, 0) is 24.1 Å². The molecule has 0 saturated carbocycles. The second-order valence-corrected chi connectivity index (χ2v) is 5.24. The number of nitrogens with zero attached hydrogens (tertiary/aromatic N) is 2. The van der Waals surface area contributed by atoms with Crippen LogP contribution in [0.3, 0.4) is 0 Å². The largest absolute Gasteiger partial charge is 0.427 e. The number of hydrogen-bond acceptors (Lipinski definition) is 5. The predicted molar refractivity (Wildman–Crippen MR) is 76.4 cm³/mol. The van der Waals surface area contributed by atoms with Crippen molar-refractivity contribution in [1.82, 2.24) is 9.97 Å². The number of esters is 1. The van der Waals surface area contributed by atoms with Gasteiger partial charge < -0.3 is 4.74 Å². The highest BCUT2D eigenvalue weighted by Gasteiger charge is 2.20. The number of allylic oxidation sites excluding steroid dienone is 2. The van der Waals surface area contributed by atoms with Crippen molar-refractivity contribution in [3.63, 3.8) is 0 Å². The van der Waals surface area contributed by atoms with Crippen molar-refractivity contribution in [3.8, 4) is 0 Å². The van der Waals surface area contributed by atoms with Crippen molar-refractivity contribution < 1.29 is 14.3 Å². The highest BCUT2D eigenvalue weighted by Crippen LogP contribution is 2.23. The van der Waals surface area contributed by atoms with Gasteiger partial charge in [-0.3, -0.25) is 14.8 Å². The van der Waals surface area contributed by atoms with E-state index in [0.29, 0.717) is 29.7 Å². The molecule has 1 heterocycles. The van der Waals surface area contributed by atoms with E-state index in [9.17, 15) is 9.59 Å². The Bertz CT molecular complexity index is 752. The number of benzene rings is 1. The van der Waals surface area contributed by atoms with E-state index in [1.54, 1.807) is 30.6 Å².